The summed E-state index contributed by atoms with van der Waals surface area (Å²) in [5.74, 6) is 0.867. The Hall–Kier alpha value is -4.40. The lowest BCUT2D eigenvalue weighted by Crippen LogP contribution is -2.52. The molecule has 0 bridgehead atoms. The summed E-state index contributed by atoms with van der Waals surface area (Å²) in [6.07, 6.45) is -0.654. The Morgan fingerprint density at radius 2 is 1.63 bits per heavy atom. The van der Waals surface area contributed by atoms with E-state index in [1.54, 1.807) is 12.1 Å². The van der Waals surface area contributed by atoms with Crippen molar-refractivity contribution in [3.63, 3.8) is 0 Å². The lowest BCUT2D eigenvalue weighted by molar-refractivity contribution is 0.0490. The largest absolute Gasteiger partial charge is 0.494 e. The highest BCUT2D eigenvalue weighted by atomic mass is 16.5. The van der Waals surface area contributed by atoms with Crippen LogP contribution in [-0.2, 0) is 0 Å². The normalized spacial score (nSPS) is 14.5. The Morgan fingerprint density at radius 3 is 2.23 bits per heavy atom. The number of ether oxygens (including phenoxy) is 4. The van der Waals surface area contributed by atoms with Crippen LogP contribution >= 0.6 is 0 Å². The zero-order valence-electron chi connectivity index (χ0n) is 20.0. The van der Waals surface area contributed by atoms with Crippen molar-refractivity contribution in [3.8, 4) is 23.0 Å². The molecule has 2 amide bonds. The quantitative estimate of drug-likeness (QED) is 0.506. The maximum atomic E-state index is 13.5. The molecule has 4 rings (SSSR count). The summed E-state index contributed by atoms with van der Waals surface area (Å²) < 4.78 is 21.6. The van der Waals surface area contributed by atoms with Crippen LogP contribution in [-0.4, -0.2) is 44.8 Å². The monoisotopic (exact) mass is 477 g/mol. The first kappa shape index (κ1) is 23.7. The van der Waals surface area contributed by atoms with Gasteiger partial charge in [-0.15, -0.1) is 0 Å². The molecule has 0 saturated heterocycles. The summed E-state index contributed by atoms with van der Waals surface area (Å²) in [6.45, 7) is 2.45. The van der Waals surface area contributed by atoms with E-state index < -0.39 is 12.1 Å². The molecule has 9 nitrogen and oxygen atoms in total. The van der Waals surface area contributed by atoms with Gasteiger partial charge in [-0.05, 0) is 48.9 Å². The molecule has 1 atom stereocenters. The SMILES string of the molecule is CCOc1ccc([C@H]2Nc3ccccc3C(=O)N2NC(=O)c2cc(OC)c(OC)c(OC)c2)cc1. The summed E-state index contributed by atoms with van der Waals surface area (Å²) in [4.78, 5) is 26.8. The van der Waals surface area contributed by atoms with Gasteiger partial charge < -0.3 is 24.3 Å². The summed E-state index contributed by atoms with van der Waals surface area (Å²) in [7, 11) is 4.42. The van der Waals surface area contributed by atoms with Gasteiger partial charge in [0, 0.05) is 11.3 Å². The van der Waals surface area contributed by atoms with Crippen LogP contribution in [0.3, 0.4) is 0 Å². The Bertz CT molecular complexity index is 1200. The molecule has 2 N–H and O–H groups in total. The van der Waals surface area contributed by atoms with Crippen molar-refractivity contribution in [2.75, 3.05) is 33.3 Å². The molecule has 0 aromatic heterocycles. The molecule has 3 aromatic carbocycles. The van der Waals surface area contributed by atoms with Gasteiger partial charge >= 0.3 is 0 Å². The Labute approximate surface area is 203 Å². The van der Waals surface area contributed by atoms with Gasteiger partial charge in [0.2, 0.25) is 5.75 Å². The van der Waals surface area contributed by atoms with Gasteiger partial charge in [0.25, 0.3) is 11.8 Å². The van der Waals surface area contributed by atoms with E-state index in [1.807, 2.05) is 43.3 Å². The van der Waals surface area contributed by atoms with Crippen LogP contribution < -0.4 is 29.7 Å². The van der Waals surface area contributed by atoms with Gasteiger partial charge in [-0.25, -0.2) is 5.01 Å². The zero-order chi connectivity index (χ0) is 24.9. The molecule has 182 valence electrons. The van der Waals surface area contributed by atoms with E-state index in [-0.39, 0.29) is 11.5 Å². The second kappa shape index (κ2) is 10.3. The zero-order valence-corrected chi connectivity index (χ0v) is 20.0. The average Bonchev–Trinajstić information content (AvgIpc) is 2.89. The first-order valence-corrected chi connectivity index (χ1v) is 11.0. The van der Waals surface area contributed by atoms with Gasteiger partial charge in [-0.1, -0.05) is 24.3 Å². The fraction of sp³-hybridized carbons (Fsp3) is 0.231. The average molecular weight is 478 g/mol. The van der Waals surface area contributed by atoms with E-state index in [0.29, 0.717) is 40.9 Å². The molecule has 1 heterocycles. The third kappa shape index (κ3) is 4.65. The molecule has 3 aromatic rings. The number of hydrogen-bond donors (Lipinski definition) is 2. The third-order valence-electron chi connectivity index (χ3n) is 5.58. The number of hydrogen-bond acceptors (Lipinski definition) is 7. The highest BCUT2D eigenvalue weighted by molar-refractivity contribution is 6.04. The number of methoxy groups -OCH3 is 3. The van der Waals surface area contributed by atoms with Crippen LogP contribution in [0.5, 0.6) is 23.0 Å². The Morgan fingerprint density at radius 1 is 0.971 bits per heavy atom. The van der Waals surface area contributed by atoms with Gasteiger partial charge in [-0.3, -0.25) is 15.0 Å². The number of rotatable bonds is 8. The second-order valence-electron chi connectivity index (χ2n) is 7.62. The fourth-order valence-corrected chi connectivity index (χ4v) is 3.90. The van der Waals surface area contributed by atoms with Crippen molar-refractivity contribution in [2.45, 2.75) is 13.1 Å². The van der Waals surface area contributed by atoms with Crippen LogP contribution in [0.25, 0.3) is 0 Å². The summed E-state index contributed by atoms with van der Waals surface area (Å²) in [5.41, 5.74) is 4.87. The van der Waals surface area contributed by atoms with Crippen molar-refractivity contribution in [2.24, 2.45) is 0 Å². The van der Waals surface area contributed by atoms with E-state index in [4.69, 9.17) is 18.9 Å². The van der Waals surface area contributed by atoms with Crippen molar-refractivity contribution >= 4 is 17.5 Å². The minimum atomic E-state index is -0.654. The summed E-state index contributed by atoms with van der Waals surface area (Å²) in [5, 5.41) is 4.63. The standard InChI is InChI=1S/C26H27N3O6/c1-5-35-18-12-10-16(11-13-18)24-27-20-9-7-6-8-19(20)26(31)29(24)28-25(30)17-14-21(32-2)23(34-4)22(15-17)33-3/h6-15,24,27H,5H2,1-4H3,(H,28,30)/t24-/m0/s1. The van der Waals surface area contributed by atoms with Gasteiger partial charge in [-0.2, -0.15) is 0 Å². The number of hydrazine groups is 1. The minimum absolute atomic E-state index is 0.233. The van der Waals surface area contributed by atoms with E-state index in [9.17, 15) is 9.59 Å². The van der Waals surface area contributed by atoms with Crippen LogP contribution in [0, 0.1) is 0 Å². The van der Waals surface area contributed by atoms with Crippen LogP contribution in [0.4, 0.5) is 5.69 Å². The number of benzene rings is 3. The molecule has 0 spiro atoms. The fourth-order valence-electron chi connectivity index (χ4n) is 3.90. The predicted molar refractivity (Wildman–Crippen MR) is 130 cm³/mol. The molecule has 1 aliphatic rings. The van der Waals surface area contributed by atoms with Crippen molar-refractivity contribution in [3.05, 3.63) is 77.4 Å². The number of anilines is 1. The number of carbonyl (C=O) groups excluding carboxylic acids is 2. The topological polar surface area (TPSA) is 98.4 Å². The predicted octanol–water partition coefficient (Wildman–Crippen LogP) is 4.02. The van der Waals surface area contributed by atoms with E-state index >= 15 is 0 Å². The summed E-state index contributed by atoms with van der Waals surface area (Å²) >= 11 is 0. The molecule has 0 radical (unpaired) electrons. The van der Waals surface area contributed by atoms with Gasteiger partial charge in [0.1, 0.15) is 11.9 Å². The Kier molecular flexibility index (Phi) is 6.96. The van der Waals surface area contributed by atoms with Crippen molar-refractivity contribution in [1.29, 1.82) is 0 Å². The first-order chi connectivity index (χ1) is 17.0. The molecule has 1 aliphatic heterocycles. The molecule has 35 heavy (non-hydrogen) atoms. The molecule has 0 aliphatic carbocycles. The second-order valence-corrected chi connectivity index (χ2v) is 7.62. The van der Waals surface area contributed by atoms with E-state index in [0.717, 1.165) is 5.56 Å². The number of para-hydroxylation sites is 1. The van der Waals surface area contributed by atoms with Crippen LogP contribution in [0.15, 0.2) is 60.7 Å². The molecular formula is C26H27N3O6. The Balaban J connectivity index is 1.70. The summed E-state index contributed by atoms with van der Waals surface area (Å²) in [6, 6.07) is 17.6. The van der Waals surface area contributed by atoms with Crippen LogP contribution in [0.1, 0.15) is 39.4 Å². The highest BCUT2D eigenvalue weighted by Gasteiger charge is 2.34. The molecule has 0 unspecified atom stereocenters. The first-order valence-electron chi connectivity index (χ1n) is 11.0. The maximum absolute atomic E-state index is 13.5. The highest BCUT2D eigenvalue weighted by Crippen LogP contribution is 2.38. The number of fused-ring (bicyclic) bond motifs is 1. The number of carbonyl (C=O) groups is 2. The van der Waals surface area contributed by atoms with Gasteiger partial charge in [0.15, 0.2) is 11.5 Å². The smallest absolute Gasteiger partial charge is 0.276 e. The van der Waals surface area contributed by atoms with E-state index in [2.05, 4.69) is 10.7 Å². The molecule has 0 saturated carbocycles. The van der Waals surface area contributed by atoms with Crippen molar-refractivity contribution in [1.82, 2.24) is 10.4 Å². The number of amides is 2. The number of nitrogens with one attached hydrogen (secondary N) is 2. The third-order valence-corrected chi connectivity index (χ3v) is 5.58. The lowest BCUT2D eigenvalue weighted by atomic mass is 10.0. The minimum Gasteiger partial charge on any atom is -0.494 e. The number of nitrogens with zero attached hydrogens (tertiary/aromatic N) is 1. The van der Waals surface area contributed by atoms with Gasteiger partial charge in [0.05, 0.1) is 33.5 Å². The lowest BCUT2D eigenvalue weighted by Gasteiger charge is -2.37. The van der Waals surface area contributed by atoms with Crippen LogP contribution in [0.2, 0.25) is 0 Å². The molecular weight excluding hydrogens is 450 g/mol. The molecule has 0 fully saturated rings. The molecule has 9 heteroatoms. The van der Waals surface area contributed by atoms with Crippen molar-refractivity contribution < 1.29 is 28.5 Å². The van der Waals surface area contributed by atoms with E-state index in [1.165, 1.54) is 38.5 Å². The maximum Gasteiger partial charge on any atom is 0.276 e.